The highest BCUT2D eigenvalue weighted by molar-refractivity contribution is 5.87. The van der Waals surface area contributed by atoms with Gasteiger partial charge in [0.2, 0.25) is 0 Å². The van der Waals surface area contributed by atoms with Gasteiger partial charge in [0.15, 0.2) is 0 Å². The Morgan fingerprint density at radius 1 is 1.44 bits per heavy atom. The highest BCUT2D eigenvalue weighted by Gasteiger charge is 2.46. The first-order valence-corrected chi connectivity index (χ1v) is 6.24. The molecule has 1 saturated carbocycles. The normalized spacial score (nSPS) is 17.1. The van der Waals surface area contributed by atoms with Gasteiger partial charge in [0.25, 0.3) is 0 Å². The number of carbonyl (C=O) groups is 2. The lowest BCUT2D eigenvalue weighted by atomic mass is 9.77. The van der Waals surface area contributed by atoms with Gasteiger partial charge in [-0.15, -0.1) is 0 Å². The van der Waals surface area contributed by atoms with Crippen LogP contribution in [-0.2, 0) is 9.53 Å². The third-order valence-electron chi connectivity index (χ3n) is 3.38. The summed E-state index contributed by atoms with van der Waals surface area (Å²) in [5, 5.41) is 11.8. The van der Waals surface area contributed by atoms with Crippen LogP contribution in [0.15, 0.2) is 0 Å². The zero-order valence-corrected chi connectivity index (χ0v) is 11.2. The molecule has 6 nitrogen and oxygen atoms in total. The zero-order valence-electron chi connectivity index (χ0n) is 11.2. The molecule has 0 heterocycles. The Kier molecular flexibility index (Phi) is 4.95. The Hall–Kier alpha value is -1.30. The molecule has 0 aliphatic heterocycles. The number of amides is 2. The maximum atomic E-state index is 12.1. The molecule has 0 bridgehead atoms. The second-order valence-corrected chi connectivity index (χ2v) is 4.95. The molecule has 1 fully saturated rings. The molecule has 1 rings (SSSR count). The zero-order chi connectivity index (χ0) is 13.8. The van der Waals surface area contributed by atoms with Crippen molar-refractivity contribution in [2.24, 2.45) is 0 Å². The fraction of sp³-hybridized carbons (Fsp3) is 0.833. The van der Waals surface area contributed by atoms with Crippen LogP contribution in [0.25, 0.3) is 0 Å². The van der Waals surface area contributed by atoms with Gasteiger partial charge in [0, 0.05) is 19.7 Å². The Morgan fingerprint density at radius 2 is 2.06 bits per heavy atom. The van der Waals surface area contributed by atoms with E-state index in [2.05, 4.69) is 5.32 Å². The van der Waals surface area contributed by atoms with E-state index in [1.54, 1.807) is 12.0 Å². The lowest BCUT2D eigenvalue weighted by Gasteiger charge is -2.40. The molecule has 0 atom stereocenters. The number of urea groups is 1. The van der Waals surface area contributed by atoms with Crippen LogP contribution in [0.4, 0.5) is 4.79 Å². The summed E-state index contributed by atoms with van der Waals surface area (Å²) in [6, 6.07) is -0.324. The van der Waals surface area contributed by atoms with Crippen LogP contribution >= 0.6 is 0 Å². The molecular formula is C12H22N2O4. The first-order valence-electron chi connectivity index (χ1n) is 6.24. The van der Waals surface area contributed by atoms with Crippen molar-refractivity contribution in [3.8, 4) is 0 Å². The molecule has 0 aromatic rings. The lowest BCUT2D eigenvalue weighted by molar-refractivity contribution is -0.148. The van der Waals surface area contributed by atoms with Crippen LogP contribution in [0.5, 0.6) is 0 Å². The van der Waals surface area contributed by atoms with Gasteiger partial charge < -0.3 is 20.1 Å². The molecule has 6 heteroatoms. The molecule has 2 amide bonds. The number of carboxylic acids is 1. The van der Waals surface area contributed by atoms with Crippen molar-refractivity contribution in [2.45, 2.75) is 44.7 Å². The van der Waals surface area contributed by atoms with Crippen LogP contribution in [0.3, 0.4) is 0 Å². The van der Waals surface area contributed by atoms with Crippen molar-refractivity contribution in [3.05, 3.63) is 0 Å². The van der Waals surface area contributed by atoms with Crippen LogP contribution in [0.2, 0.25) is 0 Å². The van der Waals surface area contributed by atoms with Crippen LogP contribution in [0.1, 0.15) is 33.1 Å². The number of nitrogens with one attached hydrogen (secondary N) is 1. The van der Waals surface area contributed by atoms with Gasteiger partial charge in [-0.05, 0) is 33.1 Å². The Balaban J connectivity index is 2.63. The highest BCUT2D eigenvalue weighted by Crippen LogP contribution is 2.32. The second kappa shape index (κ2) is 6.04. The monoisotopic (exact) mass is 258 g/mol. The molecule has 0 saturated heterocycles. The number of rotatable bonds is 6. The van der Waals surface area contributed by atoms with Crippen molar-refractivity contribution in [1.82, 2.24) is 10.2 Å². The van der Waals surface area contributed by atoms with Crippen LogP contribution in [0, 0.1) is 0 Å². The largest absolute Gasteiger partial charge is 0.480 e. The average molecular weight is 258 g/mol. The fourth-order valence-corrected chi connectivity index (χ4v) is 1.98. The summed E-state index contributed by atoms with van der Waals surface area (Å²) >= 11 is 0. The maximum absolute atomic E-state index is 12.1. The molecular weight excluding hydrogens is 236 g/mol. The lowest BCUT2D eigenvalue weighted by Crippen LogP contribution is -2.62. The molecule has 1 aliphatic carbocycles. The van der Waals surface area contributed by atoms with E-state index in [-0.39, 0.29) is 12.1 Å². The number of nitrogens with zero attached hydrogens (tertiary/aromatic N) is 1. The first kappa shape index (κ1) is 14.8. The van der Waals surface area contributed by atoms with E-state index in [0.29, 0.717) is 26.0 Å². The van der Waals surface area contributed by atoms with Crippen LogP contribution in [-0.4, -0.2) is 53.8 Å². The SMILES string of the molecule is COCCN(C(=O)NC1(C(=O)O)CCC1)C(C)C. The number of hydrogen-bond donors (Lipinski definition) is 2. The summed E-state index contributed by atoms with van der Waals surface area (Å²) in [4.78, 5) is 24.9. The van der Waals surface area contributed by atoms with Crippen molar-refractivity contribution >= 4 is 12.0 Å². The average Bonchev–Trinajstić information content (AvgIpc) is 2.22. The van der Waals surface area contributed by atoms with Crippen molar-refractivity contribution < 1.29 is 19.4 Å². The highest BCUT2D eigenvalue weighted by atomic mass is 16.5. The molecule has 0 radical (unpaired) electrons. The molecule has 0 aromatic heterocycles. The summed E-state index contributed by atoms with van der Waals surface area (Å²) < 4.78 is 4.95. The molecule has 1 aliphatic rings. The summed E-state index contributed by atoms with van der Waals surface area (Å²) in [7, 11) is 1.57. The van der Waals surface area contributed by atoms with Crippen molar-refractivity contribution in [2.75, 3.05) is 20.3 Å². The van der Waals surface area contributed by atoms with Crippen molar-refractivity contribution in [3.63, 3.8) is 0 Å². The van der Waals surface area contributed by atoms with Gasteiger partial charge >= 0.3 is 12.0 Å². The second-order valence-electron chi connectivity index (χ2n) is 4.95. The van der Waals surface area contributed by atoms with Crippen molar-refractivity contribution in [1.29, 1.82) is 0 Å². The van der Waals surface area contributed by atoms with Gasteiger partial charge in [-0.2, -0.15) is 0 Å². The van der Waals surface area contributed by atoms with Gasteiger partial charge in [0.1, 0.15) is 5.54 Å². The number of aliphatic carboxylic acids is 1. The minimum atomic E-state index is -1.06. The molecule has 0 aromatic carbocycles. The van der Waals surface area contributed by atoms with E-state index in [4.69, 9.17) is 4.74 Å². The topological polar surface area (TPSA) is 78.9 Å². The molecule has 2 N–H and O–H groups in total. The van der Waals surface area contributed by atoms with E-state index >= 15 is 0 Å². The minimum absolute atomic E-state index is 0.00562. The Labute approximate surface area is 107 Å². The Morgan fingerprint density at radius 3 is 2.39 bits per heavy atom. The van der Waals surface area contributed by atoms with Gasteiger partial charge in [-0.1, -0.05) is 0 Å². The van der Waals surface area contributed by atoms with E-state index in [1.165, 1.54) is 0 Å². The molecule has 18 heavy (non-hydrogen) atoms. The number of ether oxygens (including phenoxy) is 1. The third kappa shape index (κ3) is 3.13. The van der Waals surface area contributed by atoms with E-state index in [9.17, 15) is 14.7 Å². The van der Waals surface area contributed by atoms with Gasteiger partial charge in [0.05, 0.1) is 6.61 Å². The number of carboxylic acid groups (broad SMARTS) is 1. The van der Waals surface area contributed by atoms with E-state index < -0.39 is 11.5 Å². The number of hydrogen-bond acceptors (Lipinski definition) is 3. The summed E-state index contributed by atoms with van der Waals surface area (Å²) in [5.41, 5.74) is -1.06. The fourth-order valence-electron chi connectivity index (χ4n) is 1.98. The number of methoxy groups -OCH3 is 1. The minimum Gasteiger partial charge on any atom is -0.480 e. The first-order chi connectivity index (χ1) is 8.43. The van der Waals surface area contributed by atoms with Gasteiger partial charge in [-0.25, -0.2) is 9.59 Å². The maximum Gasteiger partial charge on any atom is 0.329 e. The quantitative estimate of drug-likeness (QED) is 0.746. The standard InChI is InChI=1S/C12H22N2O4/c1-9(2)14(7-8-18-3)11(17)13-12(10(15)16)5-4-6-12/h9H,4-8H2,1-3H3,(H,13,17)(H,15,16). The number of carbonyl (C=O) groups excluding carboxylic acids is 1. The Bertz CT molecular complexity index is 313. The van der Waals surface area contributed by atoms with E-state index in [1.807, 2.05) is 13.8 Å². The molecule has 104 valence electrons. The molecule has 0 spiro atoms. The predicted octanol–water partition coefficient (Wildman–Crippen LogP) is 1.06. The summed E-state index contributed by atoms with van der Waals surface area (Å²) in [5.74, 6) is -0.947. The summed E-state index contributed by atoms with van der Waals surface area (Å²) in [6.45, 7) is 4.67. The summed E-state index contributed by atoms with van der Waals surface area (Å²) in [6.07, 6.45) is 1.85. The third-order valence-corrected chi connectivity index (χ3v) is 3.38. The van der Waals surface area contributed by atoms with Gasteiger partial charge in [-0.3, -0.25) is 0 Å². The predicted molar refractivity (Wildman–Crippen MR) is 66.5 cm³/mol. The van der Waals surface area contributed by atoms with Crippen LogP contribution < -0.4 is 5.32 Å². The van der Waals surface area contributed by atoms with E-state index in [0.717, 1.165) is 6.42 Å². The smallest absolute Gasteiger partial charge is 0.329 e. The molecule has 0 unspecified atom stereocenters.